The van der Waals surface area contributed by atoms with Crippen molar-refractivity contribution in [1.29, 1.82) is 0 Å². The van der Waals surface area contributed by atoms with Crippen LogP contribution >= 0.6 is 0 Å². The van der Waals surface area contributed by atoms with E-state index in [-0.39, 0.29) is 50.4 Å². The van der Waals surface area contributed by atoms with Crippen molar-refractivity contribution in [2.24, 2.45) is 35.5 Å². The fraction of sp³-hybridized carbons (Fsp3) is 0.800. The average Bonchev–Trinajstić information content (AvgIpc) is 2.92. The van der Waals surface area contributed by atoms with Gasteiger partial charge < -0.3 is 4.74 Å². The van der Waals surface area contributed by atoms with Gasteiger partial charge in [0.05, 0.1) is 5.92 Å². The van der Waals surface area contributed by atoms with Gasteiger partial charge >= 0.3 is 18.0 Å². The summed E-state index contributed by atoms with van der Waals surface area (Å²) in [6.07, 6.45) is 1.14. The first-order valence-corrected chi connectivity index (χ1v) is 14.7. The van der Waals surface area contributed by atoms with Crippen LogP contribution in [0.1, 0.15) is 96.8 Å². The van der Waals surface area contributed by atoms with Crippen molar-refractivity contribution in [1.82, 2.24) is 0 Å². The van der Waals surface area contributed by atoms with Crippen LogP contribution in [0.4, 0.5) is 39.5 Å². The first kappa shape index (κ1) is 31.3. The third-order valence-corrected chi connectivity index (χ3v) is 9.91. The molecule has 3 aliphatic rings. The summed E-state index contributed by atoms with van der Waals surface area (Å²) in [7, 11) is 0. The summed E-state index contributed by atoms with van der Waals surface area (Å²) in [5.41, 5.74) is 0. The van der Waals surface area contributed by atoms with Crippen LogP contribution in [0.25, 0.3) is 0 Å². The first-order chi connectivity index (χ1) is 18.8. The molecule has 1 nitrogen and oxygen atoms in total. The summed E-state index contributed by atoms with van der Waals surface area (Å²) in [5, 5.41) is 0. The van der Waals surface area contributed by atoms with Gasteiger partial charge in [-0.2, -0.15) is 26.3 Å². The lowest BCUT2D eigenvalue weighted by Crippen LogP contribution is -2.52. The minimum Gasteiger partial charge on any atom is -0.432 e. The second-order valence-electron chi connectivity index (χ2n) is 12.3. The third kappa shape index (κ3) is 6.55. The van der Waals surface area contributed by atoms with Crippen LogP contribution in [-0.2, 0) is 0 Å². The maximum Gasteiger partial charge on any atom is 0.400 e. The largest absolute Gasteiger partial charge is 0.432 e. The Bertz CT molecular complexity index is 950. The fourth-order valence-corrected chi connectivity index (χ4v) is 7.48. The van der Waals surface area contributed by atoms with Gasteiger partial charge in [-0.05, 0) is 94.8 Å². The van der Waals surface area contributed by atoms with Crippen molar-refractivity contribution in [2.45, 2.75) is 115 Å². The molecule has 0 N–H and O–H groups in total. The normalized spacial score (nSPS) is 30.8. The molecule has 0 spiro atoms. The van der Waals surface area contributed by atoms with Crippen LogP contribution in [0.2, 0.25) is 0 Å². The van der Waals surface area contributed by atoms with E-state index < -0.39 is 58.9 Å². The van der Waals surface area contributed by atoms with E-state index in [1.807, 2.05) is 6.92 Å². The Morgan fingerprint density at radius 2 is 1.02 bits per heavy atom. The minimum absolute atomic E-state index is 0.000867. The van der Waals surface area contributed by atoms with Crippen molar-refractivity contribution < 1.29 is 44.3 Å². The van der Waals surface area contributed by atoms with E-state index in [4.69, 9.17) is 0 Å². The number of benzene rings is 1. The summed E-state index contributed by atoms with van der Waals surface area (Å²) in [5.74, 6) is -17.5. The van der Waals surface area contributed by atoms with Gasteiger partial charge in [0.2, 0.25) is 0 Å². The predicted molar refractivity (Wildman–Crippen MR) is 133 cm³/mol. The maximum absolute atomic E-state index is 15.2. The number of alkyl halides is 6. The van der Waals surface area contributed by atoms with Gasteiger partial charge in [-0.1, -0.05) is 19.8 Å². The van der Waals surface area contributed by atoms with Gasteiger partial charge in [-0.25, -0.2) is 13.2 Å². The molecule has 0 saturated heterocycles. The molecule has 10 heteroatoms. The molecule has 0 unspecified atom stereocenters. The van der Waals surface area contributed by atoms with Gasteiger partial charge in [-0.15, -0.1) is 0 Å². The number of hydrogen-bond acceptors (Lipinski definition) is 1. The summed E-state index contributed by atoms with van der Waals surface area (Å²) >= 11 is 0. The molecule has 1 aromatic carbocycles. The average molecular weight is 587 g/mol. The lowest BCUT2D eigenvalue weighted by molar-refractivity contribution is -0.270. The first-order valence-electron chi connectivity index (χ1n) is 14.7. The van der Waals surface area contributed by atoms with Crippen LogP contribution in [-0.4, -0.2) is 18.0 Å². The van der Waals surface area contributed by atoms with E-state index in [1.54, 1.807) is 0 Å². The summed E-state index contributed by atoms with van der Waals surface area (Å²) in [6, 6.07) is 0.736. The second-order valence-corrected chi connectivity index (χ2v) is 12.3. The monoisotopic (exact) mass is 586 g/mol. The maximum atomic E-state index is 15.2. The molecule has 0 radical (unpaired) electrons. The molecule has 0 heterocycles. The number of rotatable bonds is 9. The lowest BCUT2D eigenvalue weighted by Gasteiger charge is -2.44. The predicted octanol–water partition coefficient (Wildman–Crippen LogP) is 10.6. The molecular weight excluding hydrogens is 547 g/mol. The Morgan fingerprint density at radius 1 is 0.625 bits per heavy atom. The molecule has 0 aliphatic heterocycles. The van der Waals surface area contributed by atoms with Crippen molar-refractivity contribution in [3.8, 4) is 5.75 Å². The molecule has 0 aromatic heterocycles. The molecule has 3 aliphatic carbocycles. The van der Waals surface area contributed by atoms with E-state index in [0.717, 1.165) is 12.8 Å². The minimum atomic E-state index is -4.07. The van der Waals surface area contributed by atoms with Gasteiger partial charge in [0.25, 0.3) is 0 Å². The number of hydrogen-bond donors (Lipinski definition) is 0. The van der Waals surface area contributed by atoms with E-state index in [1.165, 1.54) is 0 Å². The van der Waals surface area contributed by atoms with Crippen molar-refractivity contribution in [2.75, 3.05) is 0 Å². The SMILES string of the molecule is CCCC1CCC(C(F)(F)C(F)(F)C2CCC(C3CCC(C(F)(F)Oc4cc(F)c(F)c(F)c4)CC3)CC2)CC1. The van der Waals surface area contributed by atoms with Crippen LogP contribution in [0.3, 0.4) is 0 Å². The van der Waals surface area contributed by atoms with Crippen molar-refractivity contribution in [3.05, 3.63) is 29.6 Å². The van der Waals surface area contributed by atoms with Gasteiger partial charge in [0.15, 0.2) is 17.5 Å². The van der Waals surface area contributed by atoms with Gasteiger partial charge in [-0.3, -0.25) is 0 Å². The zero-order chi connectivity index (χ0) is 29.3. The molecular formula is C30H39F9O. The molecule has 0 amide bonds. The molecule has 40 heavy (non-hydrogen) atoms. The lowest BCUT2D eigenvalue weighted by atomic mass is 9.66. The third-order valence-electron chi connectivity index (χ3n) is 9.91. The van der Waals surface area contributed by atoms with Gasteiger partial charge in [0.1, 0.15) is 5.75 Å². The zero-order valence-corrected chi connectivity index (χ0v) is 22.8. The molecule has 1 aromatic rings. The van der Waals surface area contributed by atoms with Crippen LogP contribution in [0.15, 0.2) is 12.1 Å². The van der Waals surface area contributed by atoms with E-state index >= 15 is 17.6 Å². The van der Waals surface area contributed by atoms with E-state index in [9.17, 15) is 22.0 Å². The Balaban J connectivity index is 1.27. The quantitative estimate of drug-likeness (QED) is 0.207. The van der Waals surface area contributed by atoms with Crippen molar-refractivity contribution in [3.63, 3.8) is 0 Å². The Hall–Kier alpha value is -1.61. The zero-order valence-electron chi connectivity index (χ0n) is 22.8. The van der Waals surface area contributed by atoms with Crippen LogP contribution in [0, 0.1) is 53.0 Å². The highest BCUT2D eigenvalue weighted by atomic mass is 19.3. The number of halogens is 9. The topological polar surface area (TPSA) is 9.23 Å². The second kappa shape index (κ2) is 12.3. The Morgan fingerprint density at radius 3 is 1.45 bits per heavy atom. The highest BCUT2D eigenvalue weighted by Crippen LogP contribution is 2.55. The highest BCUT2D eigenvalue weighted by Gasteiger charge is 2.64. The summed E-state index contributed by atoms with van der Waals surface area (Å²) in [4.78, 5) is 0. The molecule has 4 rings (SSSR count). The molecule has 0 bridgehead atoms. The molecule has 3 fully saturated rings. The van der Waals surface area contributed by atoms with E-state index in [0.29, 0.717) is 56.6 Å². The van der Waals surface area contributed by atoms with Crippen LogP contribution < -0.4 is 4.74 Å². The van der Waals surface area contributed by atoms with Gasteiger partial charge in [0, 0.05) is 24.0 Å². The molecule has 3 saturated carbocycles. The summed E-state index contributed by atoms with van der Waals surface area (Å²) < 4.78 is 135. The Labute approximate surface area is 230 Å². The standard InChI is InChI=1S/C30H39F9O/c1-2-3-18-4-10-21(11-5-18)28(34,35)29(36,37)22-12-6-19(7-13-22)20-8-14-23(15-9-20)30(38,39)40-24-16-25(31)27(33)26(32)17-24/h16-23H,2-15H2,1H3. The smallest absolute Gasteiger partial charge is 0.400 e. The summed E-state index contributed by atoms with van der Waals surface area (Å²) in [6.45, 7) is 2.03. The highest BCUT2D eigenvalue weighted by molar-refractivity contribution is 5.25. The Kier molecular flexibility index (Phi) is 9.65. The fourth-order valence-electron chi connectivity index (χ4n) is 7.48. The number of ether oxygens (including phenoxy) is 1. The molecule has 228 valence electrons. The van der Waals surface area contributed by atoms with Crippen molar-refractivity contribution >= 4 is 0 Å². The molecule has 0 atom stereocenters. The van der Waals surface area contributed by atoms with Crippen LogP contribution in [0.5, 0.6) is 5.75 Å². The van der Waals surface area contributed by atoms with E-state index in [2.05, 4.69) is 4.74 Å².